The summed E-state index contributed by atoms with van der Waals surface area (Å²) in [6.45, 7) is 4.48. The number of aliphatic carboxylic acids is 1. The van der Waals surface area contributed by atoms with Crippen molar-refractivity contribution in [1.82, 2.24) is 0 Å². The molecule has 0 aliphatic carbocycles. The van der Waals surface area contributed by atoms with E-state index in [0.717, 1.165) is 77.0 Å². The highest BCUT2D eigenvalue weighted by molar-refractivity contribution is 5.69. The van der Waals surface area contributed by atoms with Crippen molar-refractivity contribution >= 4 is 11.9 Å². The number of ether oxygens (including phenoxy) is 1. The Morgan fingerprint density at radius 1 is 0.537 bits per heavy atom. The number of allylic oxidation sites excluding steroid dienone is 6. The number of hydrogen-bond acceptors (Lipinski definition) is 3. The van der Waals surface area contributed by atoms with Crippen molar-refractivity contribution in [2.75, 3.05) is 0 Å². The Balaban J connectivity index is 4.17. The van der Waals surface area contributed by atoms with Crippen molar-refractivity contribution in [2.45, 2.75) is 187 Å². The van der Waals surface area contributed by atoms with E-state index in [1.165, 1.54) is 77.0 Å². The van der Waals surface area contributed by atoms with Gasteiger partial charge in [0.15, 0.2) is 0 Å². The molecule has 0 rings (SSSR count). The molecule has 0 heterocycles. The number of carboxylic acid groups (broad SMARTS) is 1. The Kier molecular flexibility index (Phi) is 31.2. The van der Waals surface area contributed by atoms with E-state index in [1.807, 2.05) is 0 Å². The predicted octanol–water partition coefficient (Wildman–Crippen LogP) is 11.8. The minimum Gasteiger partial charge on any atom is -0.481 e. The summed E-state index contributed by atoms with van der Waals surface area (Å²) < 4.78 is 5.94. The third-order valence-electron chi connectivity index (χ3n) is 7.58. The zero-order chi connectivity index (χ0) is 30.1. The van der Waals surface area contributed by atoms with E-state index in [0.29, 0.717) is 6.42 Å². The van der Waals surface area contributed by atoms with Gasteiger partial charge in [-0.05, 0) is 89.9 Å². The molecule has 0 bridgehead atoms. The predicted molar refractivity (Wildman–Crippen MR) is 176 cm³/mol. The highest BCUT2D eigenvalue weighted by Crippen LogP contribution is 2.17. The summed E-state index contributed by atoms with van der Waals surface area (Å²) in [6.07, 6.45) is 41.5. The Labute approximate surface area is 254 Å². The summed E-state index contributed by atoms with van der Waals surface area (Å²) in [6, 6.07) is 0. The average molecular weight is 575 g/mol. The fourth-order valence-corrected chi connectivity index (χ4v) is 4.98. The van der Waals surface area contributed by atoms with Crippen LogP contribution in [0.4, 0.5) is 0 Å². The molecule has 0 aromatic carbocycles. The second-order valence-electron chi connectivity index (χ2n) is 11.7. The van der Waals surface area contributed by atoms with Crippen molar-refractivity contribution in [1.29, 1.82) is 0 Å². The molecule has 1 atom stereocenters. The third kappa shape index (κ3) is 32.5. The first kappa shape index (κ1) is 39.2. The largest absolute Gasteiger partial charge is 0.481 e. The number of rotatable bonds is 31. The standard InChI is InChI=1S/C37H66O4/c1-3-5-7-9-11-13-15-17-19-21-26-30-34-37(40)41-35(32-28-24-22-25-29-33-36(38)39)31-27-23-20-18-16-14-12-10-8-6-4-2/h11-14,18,20,35H,3-10,15-17,19,21-34H2,1-2H3,(H,38,39)/b13-11-,14-12-,20-18-. The average Bonchev–Trinajstić information content (AvgIpc) is 2.95. The molecular formula is C37H66O4. The van der Waals surface area contributed by atoms with Crippen LogP contribution in [0.2, 0.25) is 0 Å². The van der Waals surface area contributed by atoms with Crippen LogP contribution >= 0.6 is 0 Å². The summed E-state index contributed by atoms with van der Waals surface area (Å²) >= 11 is 0. The van der Waals surface area contributed by atoms with Gasteiger partial charge in [-0.15, -0.1) is 0 Å². The molecule has 0 aromatic heterocycles. The van der Waals surface area contributed by atoms with E-state index < -0.39 is 5.97 Å². The summed E-state index contributed by atoms with van der Waals surface area (Å²) in [7, 11) is 0. The second kappa shape index (κ2) is 32.7. The van der Waals surface area contributed by atoms with E-state index in [9.17, 15) is 9.59 Å². The van der Waals surface area contributed by atoms with Crippen molar-refractivity contribution in [3.63, 3.8) is 0 Å². The minimum absolute atomic E-state index is 0.0116. The third-order valence-corrected chi connectivity index (χ3v) is 7.58. The van der Waals surface area contributed by atoms with Crippen LogP contribution in [0.25, 0.3) is 0 Å². The first-order valence-corrected chi connectivity index (χ1v) is 17.5. The van der Waals surface area contributed by atoms with Crippen molar-refractivity contribution in [2.24, 2.45) is 0 Å². The van der Waals surface area contributed by atoms with Gasteiger partial charge in [-0.1, -0.05) is 115 Å². The molecule has 1 unspecified atom stereocenters. The van der Waals surface area contributed by atoms with Crippen LogP contribution < -0.4 is 0 Å². The van der Waals surface area contributed by atoms with Gasteiger partial charge in [0.25, 0.3) is 0 Å². The van der Waals surface area contributed by atoms with E-state index in [-0.39, 0.29) is 18.5 Å². The van der Waals surface area contributed by atoms with Gasteiger partial charge in [0.2, 0.25) is 0 Å². The van der Waals surface area contributed by atoms with E-state index >= 15 is 0 Å². The normalized spacial score (nSPS) is 12.6. The van der Waals surface area contributed by atoms with Crippen molar-refractivity contribution in [3.05, 3.63) is 36.5 Å². The molecule has 0 aromatic rings. The van der Waals surface area contributed by atoms with Crippen LogP contribution in [0.3, 0.4) is 0 Å². The summed E-state index contributed by atoms with van der Waals surface area (Å²) in [5, 5.41) is 8.78. The molecule has 4 heteroatoms. The smallest absolute Gasteiger partial charge is 0.306 e. The van der Waals surface area contributed by atoms with Gasteiger partial charge in [-0.2, -0.15) is 0 Å². The van der Waals surface area contributed by atoms with E-state index in [1.54, 1.807) is 0 Å². The molecule has 4 nitrogen and oxygen atoms in total. The fraction of sp³-hybridized carbons (Fsp3) is 0.784. The maximum atomic E-state index is 12.6. The highest BCUT2D eigenvalue weighted by atomic mass is 16.5. The fourth-order valence-electron chi connectivity index (χ4n) is 4.98. The van der Waals surface area contributed by atoms with Gasteiger partial charge >= 0.3 is 11.9 Å². The van der Waals surface area contributed by atoms with Crippen LogP contribution in [0.5, 0.6) is 0 Å². The summed E-state index contributed by atoms with van der Waals surface area (Å²) in [5.41, 5.74) is 0. The van der Waals surface area contributed by atoms with Crippen LogP contribution in [-0.2, 0) is 14.3 Å². The van der Waals surface area contributed by atoms with Crippen LogP contribution in [0.1, 0.15) is 181 Å². The quantitative estimate of drug-likeness (QED) is 0.0508. The molecule has 0 aliphatic heterocycles. The zero-order valence-electron chi connectivity index (χ0n) is 27.1. The molecule has 0 fully saturated rings. The Hall–Kier alpha value is -1.84. The van der Waals surface area contributed by atoms with Gasteiger partial charge in [-0.3, -0.25) is 9.59 Å². The Morgan fingerprint density at radius 2 is 0.976 bits per heavy atom. The molecule has 0 saturated carbocycles. The molecule has 0 amide bonds. The lowest BCUT2D eigenvalue weighted by molar-refractivity contribution is -0.150. The lowest BCUT2D eigenvalue weighted by Crippen LogP contribution is -2.18. The van der Waals surface area contributed by atoms with Crippen molar-refractivity contribution in [3.8, 4) is 0 Å². The maximum absolute atomic E-state index is 12.6. The second-order valence-corrected chi connectivity index (χ2v) is 11.7. The SMILES string of the molecule is CCCCC/C=C\C/C=C\CCCC(CCCCCCCC(=O)O)OC(=O)CCCCCCC/C=C\CCCCC. The molecule has 0 radical (unpaired) electrons. The maximum Gasteiger partial charge on any atom is 0.306 e. The molecule has 238 valence electrons. The summed E-state index contributed by atoms with van der Waals surface area (Å²) in [5.74, 6) is -0.741. The number of hydrogen-bond donors (Lipinski definition) is 1. The highest BCUT2D eigenvalue weighted by Gasteiger charge is 2.14. The topological polar surface area (TPSA) is 63.6 Å². The van der Waals surface area contributed by atoms with Gasteiger partial charge in [-0.25, -0.2) is 0 Å². The van der Waals surface area contributed by atoms with Gasteiger partial charge < -0.3 is 9.84 Å². The number of carboxylic acids is 1. The van der Waals surface area contributed by atoms with Crippen LogP contribution in [-0.4, -0.2) is 23.1 Å². The number of unbranched alkanes of at least 4 members (excludes halogenated alkanes) is 16. The Morgan fingerprint density at radius 3 is 1.56 bits per heavy atom. The molecule has 0 spiro atoms. The number of carbonyl (C=O) groups is 2. The van der Waals surface area contributed by atoms with Crippen LogP contribution in [0.15, 0.2) is 36.5 Å². The minimum atomic E-state index is -0.709. The molecular weight excluding hydrogens is 508 g/mol. The van der Waals surface area contributed by atoms with E-state index in [4.69, 9.17) is 9.84 Å². The van der Waals surface area contributed by atoms with Gasteiger partial charge in [0, 0.05) is 12.8 Å². The Bertz CT molecular complexity index is 664. The lowest BCUT2D eigenvalue weighted by Gasteiger charge is -2.18. The molecule has 0 saturated heterocycles. The van der Waals surface area contributed by atoms with E-state index in [2.05, 4.69) is 50.3 Å². The summed E-state index contributed by atoms with van der Waals surface area (Å²) in [4.78, 5) is 23.2. The lowest BCUT2D eigenvalue weighted by atomic mass is 10.0. The van der Waals surface area contributed by atoms with Crippen LogP contribution in [0, 0.1) is 0 Å². The first-order chi connectivity index (χ1) is 20.1. The molecule has 1 N–H and O–H groups in total. The first-order valence-electron chi connectivity index (χ1n) is 17.5. The monoisotopic (exact) mass is 574 g/mol. The zero-order valence-corrected chi connectivity index (χ0v) is 27.1. The number of carbonyl (C=O) groups excluding carboxylic acids is 1. The molecule has 41 heavy (non-hydrogen) atoms. The molecule has 0 aliphatic rings. The van der Waals surface area contributed by atoms with Gasteiger partial charge in [0.05, 0.1) is 0 Å². The number of esters is 1. The van der Waals surface area contributed by atoms with Gasteiger partial charge in [0.1, 0.15) is 6.10 Å². The van der Waals surface area contributed by atoms with Crippen molar-refractivity contribution < 1.29 is 19.4 Å².